The predicted octanol–water partition coefficient (Wildman–Crippen LogP) is 3.19. The Balaban J connectivity index is 1.42. The SMILES string of the molecule is CN=C(NCCc1cnn(-c2ccccc2)c1)NCC(C)Oc1ccccc1F. The molecule has 7 heteroatoms. The van der Waals surface area contributed by atoms with Gasteiger partial charge in [-0.05, 0) is 43.2 Å². The quantitative estimate of drug-likeness (QED) is 0.454. The van der Waals surface area contributed by atoms with Crippen LogP contribution in [0.15, 0.2) is 72.0 Å². The Bertz CT molecular complexity index is 926. The van der Waals surface area contributed by atoms with Crippen molar-refractivity contribution in [2.24, 2.45) is 4.99 Å². The molecule has 0 saturated heterocycles. The average Bonchev–Trinajstić information content (AvgIpc) is 3.22. The standard InChI is InChI=1S/C22H26FN5O/c1-17(29-21-11-7-6-10-20(21)23)14-26-22(24-2)25-13-12-18-15-27-28(16-18)19-8-4-3-5-9-19/h3-11,15-17H,12-14H2,1-2H3,(H2,24,25,26). The fourth-order valence-corrected chi connectivity index (χ4v) is 2.80. The Kier molecular flexibility index (Phi) is 7.22. The number of nitrogens with zero attached hydrogens (tertiary/aromatic N) is 3. The lowest BCUT2D eigenvalue weighted by atomic mass is 10.2. The normalized spacial score (nSPS) is 12.4. The van der Waals surface area contributed by atoms with Gasteiger partial charge in [0.15, 0.2) is 17.5 Å². The molecule has 2 N–H and O–H groups in total. The van der Waals surface area contributed by atoms with E-state index in [-0.39, 0.29) is 17.7 Å². The van der Waals surface area contributed by atoms with Gasteiger partial charge in [-0.15, -0.1) is 0 Å². The van der Waals surface area contributed by atoms with E-state index >= 15 is 0 Å². The van der Waals surface area contributed by atoms with Crippen LogP contribution < -0.4 is 15.4 Å². The van der Waals surface area contributed by atoms with Crippen molar-refractivity contribution in [3.63, 3.8) is 0 Å². The molecule has 0 aliphatic carbocycles. The molecule has 0 aliphatic heterocycles. The van der Waals surface area contributed by atoms with Gasteiger partial charge in [-0.25, -0.2) is 9.07 Å². The highest BCUT2D eigenvalue weighted by atomic mass is 19.1. The van der Waals surface area contributed by atoms with Gasteiger partial charge in [0.25, 0.3) is 0 Å². The van der Waals surface area contributed by atoms with Crippen LogP contribution in [0.2, 0.25) is 0 Å². The van der Waals surface area contributed by atoms with Crippen LogP contribution in [0.4, 0.5) is 4.39 Å². The molecule has 1 unspecified atom stereocenters. The number of guanidine groups is 1. The number of hydrogen-bond donors (Lipinski definition) is 2. The molecular weight excluding hydrogens is 369 g/mol. The number of ether oxygens (including phenoxy) is 1. The first-order valence-electron chi connectivity index (χ1n) is 9.60. The lowest BCUT2D eigenvalue weighted by Gasteiger charge is -2.18. The molecule has 0 bridgehead atoms. The monoisotopic (exact) mass is 395 g/mol. The Morgan fingerprint density at radius 1 is 1.14 bits per heavy atom. The van der Waals surface area contributed by atoms with Gasteiger partial charge >= 0.3 is 0 Å². The first-order chi connectivity index (χ1) is 14.2. The second-order valence-electron chi connectivity index (χ2n) is 6.62. The molecule has 0 fully saturated rings. The van der Waals surface area contributed by atoms with Crippen molar-refractivity contribution >= 4 is 5.96 Å². The molecule has 2 aromatic carbocycles. The second kappa shape index (κ2) is 10.3. The smallest absolute Gasteiger partial charge is 0.191 e. The zero-order valence-corrected chi connectivity index (χ0v) is 16.7. The number of rotatable bonds is 8. The van der Waals surface area contributed by atoms with Crippen LogP contribution in [-0.2, 0) is 6.42 Å². The highest BCUT2D eigenvalue weighted by molar-refractivity contribution is 5.79. The first kappa shape index (κ1) is 20.4. The number of benzene rings is 2. The molecule has 3 rings (SSSR count). The minimum absolute atomic E-state index is 0.213. The van der Waals surface area contributed by atoms with E-state index in [9.17, 15) is 4.39 Å². The van der Waals surface area contributed by atoms with E-state index in [0.29, 0.717) is 19.0 Å². The summed E-state index contributed by atoms with van der Waals surface area (Å²) in [5.74, 6) is 0.558. The topological polar surface area (TPSA) is 63.5 Å². The molecule has 0 aliphatic rings. The summed E-state index contributed by atoms with van der Waals surface area (Å²) in [6, 6.07) is 16.4. The molecule has 152 valence electrons. The summed E-state index contributed by atoms with van der Waals surface area (Å²) in [6.07, 6.45) is 4.50. The van der Waals surface area contributed by atoms with E-state index in [0.717, 1.165) is 17.7 Å². The molecule has 1 heterocycles. The summed E-state index contributed by atoms with van der Waals surface area (Å²) in [5, 5.41) is 10.9. The van der Waals surface area contributed by atoms with Crippen LogP contribution in [0.5, 0.6) is 5.75 Å². The van der Waals surface area contributed by atoms with Crippen molar-refractivity contribution in [3.8, 4) is 11.4 Å². The highest BCUT2D eigenvalue weighted by Gasteiger charge is 2.09. The summed E-state index contributed by atoms with van der Waals surface area (Å²) in [6.45, 7) is 3.09. The van der Waals surface area contributed by atoms with Crippen molar-refractivity contribution in [1.29, 1.82) is 0 Å². The van der Waals surface area contributed by atoms with Gasteiger partial charge in [-0.1, -0.05) is 30.3 Å². The zero-order chi connectivity index (χ0) is 20.5. The van der Waals surface area contributed by atoms with Gasteiger partial charge in [-0.3, -0.25) is 4.99 Å². The second-order valence-corrected chi connectivity index (χ2v) is 6.62. The van der Waals surface area contributed by atoms with Gasteiger partial charge in [0.2, 0.25) is 0 Å². The van der Waals surface area contributed by atoms with Crippen molar-refractivity contribution in [2.45, 2.75) is 19.4 Å². The van der Waals surface area contributed by atoms with Gasteiger partial charge < -0.3 is 15.4 Å². The third kappa shape index (κ3) is 6.07. The Morgan fingerprint density at radius 2 is 1.90 bits per heavy atom. The molecule has 29 heavy (non-hydrogen) atoms. The van der Waals surface area contributed by atoms with Gasteiger partial charge in [0.1, 0.15) is 6.10 Å². The minimum atomic E-state index is -0.363. The molecule has 1 atom stereocenters. The average molecular weight is 395 g/mol. The van der Waals surface area contributed by atoms with E-state index in [4.69, 9.17) is 4.74 Å². The van der Waals surface area contributed by atoms with E-state index < -0.39 is 0 Å². The molecule has 0 radical (unpaired) electrons. The Hall–Kier alpha value is -3.35. The van der Waals surface area contributed by atoms with Gasteiger partial charge in [0, 0.05) is 19.8 Å². The van der Waals surface area contributed by atoms with E-state index in [2.05, 4.69) is 20.7 Å². The Labute approximate surface area is 170 Å². The summed E-state index contributed by atoms with van der Waals surface area (Å²) >= 11 is 0. The highest BCUT2D eigenvalue weighted by Crippen LogP contribution is 2.16. The van der Waals surface area contributed by atoms with Crippen molar-refractivity contribution in [3.05, 3.63) is 78.4 Å². The Morgan fingerprint density at radius 3 is 2.66 bits per heavy atom. The van der Waals surface area contributed by atoms with Gasteiger partial charge in [-0.2, -0.15) is 5.10 Å². The summed E-state index contributed by atoms with van der Waals surface area (Å²) in [5.41, 5.74) is 2.17. The lowest BCUT2D eigenvalue weighted by molar-refractivity contribution is 0.214. The zero-order valence-electron chi connectivity index (χ0n) is 16.7. The summed E-state index contributed by atoms with van der Waals surface area (Å²) < 4.78 is 21.2. The van der Waals surface area contributed by atoms with Crippen molar-refractivity contribution in [2.75, 3.05) is 20.1 Å². The fraction of sp³-hybridized carbons (Fsp3) is 0.273. The van der Waals surface area contributed by atoms with Gasteiger partial charge in [0.05, 0.1) is 18.4 Å². The van der Waals surface area contributed by atoms with Crippen LogP contribution in [0.1, 0.15) is 12.5 Å². The third-order valence-electron chi connectivity index (χ3n) is 4.31. The largest absolute Gasteiger partial charge is 0.486 e. The first-order valence-corrected chi connectivity index (χ1v) is 9.60. The molecule has 0 saturated carbocycles. The molecule has 3 aromatic rings. The maximum Gasteiger partial charge on any atom is 0.191 e. The maximum atomic E-state index is 13.7. The molecule has 0 amide bonds. The number of nitrogens with one attached hydrogen (secondary N) is 2. The van der Waals surface area contributed by atoms with E-state index in [1.54, 1.807) is 25.2 Å². The van der Waals surface area contributed by atoms with Crippen molar-refractivity contribution < 1.29 is 9.13 Å². The van der Waals surface area contributed by atoms with Crippen LogP contribution in [0.3, 0.4) is 0 Å². The van der Waals surface area contributed by atoms with Crippen LogP contribution in [0.25, 0.3) is 5.69 Å². The summed E-state index contributed by atoms with van der Waals surface area (Å²) in [4.78, 5) is 4.21. The molecular formula is C22H26FN5O. The van der Waals surface area contributed by atoms with Crippen LogP contribution in [-0.4, -0.2) is 42.0 Å². The maximum absolute atomic E-state index is 13.7. The third-order valence-corrected chi connectivity index (χ3v) is 4.31. The number of aliphatic imine (C=N–C) groups is 1. The number of halogens is 1. The number of hydrogen-bond acceptors (Lipinski definition) is 3. The minimum Gasteiger partial charge on any atom is -0.486 e. The predicted molar refractivity (Wildman–Crippen MR) is 113 cm³/mol. The molecule has 1 aromatic heterocycles. The van der Waals surface area contributed by atoms with E-state index in [1.165, 1.54) is 6.07 Å². The van der Waals surface area contributed by atoms with E-state index in [1.807, 2.05) is 54.3 Å². The number of aromatic nitrogens is 2. The van der Waals surface area contributed by atoms with Crippen LogP contribution >= 0.6 is 0 Å². The molecule has 6 nitrogen and oxygen atoms in total. The summed E-state index contributed by atoms with van der Waals surface area (Å²) in [7, 11) is 1.71. The number of para-hydroxylation sites is 2. The fourth-order valence-electron chi connectivity index (χ4n) is 2.80. The lowest BCUT2D eigenvalue weighted by Crippen LogP contribution is -2.42. The molecule has 0 spiro atoms. The van der Waals surface area contributed by atoms with Crippen LogP contribution in [0, 0.1) is 5.82 Å². The van der Waals surface area contributed by atoms with Crippen molar-refractivity contribution in [1.82, 2.24) is 20.4 Å².